The number of carbonyl (C=O) groups is 2. The van der Waals surface area contributed by atoms with Gasteiger partial charge in [0.15, 0.2) is 6.29 Å². The summed E-state index contributed by atoms with van der Waals surface area (Å²) in [4.78, 5) is 35.8. The average molecular weight is 353 g/mol. The summed E-state index contributed by atoms with van der Waals surface area (Å²) in [6.45, 7) is 0.0398. The fourth-order valence-corrected chi connectivity index (χ4v) is 2.37. The molecule has 0 bridgehead atoms. The van der Waals surface area contributed by atoms with Gasteiger partial charge in [-0.05, 0) is 23.8 Å². The highest BCUT2D eigenvalue weighted by Gasteiger charge is 2.17. The molecule has 7 nitrogen and oxygen atoms in total. The normalized spacial score (nSPS) is 10.3. The maximum atomic E-state index is 12.5. The van der Waals surface area contributed by atoms with Gasteiger partial charge in [-0.15, -0.1) is 0 Å². The first-order valence-electron chi connectivity index (χ1n) is 7.70. The number of fused-ring (bicyclic) bond motifs is 1. The third-order valence-corrected chi connectivity index (χ3v) is 3.68. The fourth-order valence-electron chi connectivity index (χ4n) is 2.37. The molecule has 0 aliphatic carbocycles. The van der Waals surface area contributed by atoms with E-state index in [1.165, 1.54) is 19.2 Å². The molecule has 0 fully saturated rings. The Bertz CT molecular complexity index is 1010. The number of rotatable bonds is 5. The number of nitrogens with one attached hydrogen (secondary N) is 1. The van der Waals surface area contributed by atoms with Gasteiger partial charge in [-0.1, -0.05) is 30.3 Å². The van der Waals surface area contributed by atoms with Gasteiger partial charge in [0.25, 0.3) is 0 Å². The molecule has 1 aromatic heterocycles. The SMILES string of the molecule is COc1ccc2oc(NC(=O)OCc3ccccc3)c(C=O)c(=O)c2c1. The lowest BCUT2D eigenvalue weighted by molar-refractivity contribution is 0.112. The van der Waals surface area contributed by atoms with Gasteiger partial charge < -0.3 is 13.9 Å². The van der Waals surface area contributed by atoms with Crippen LogP contribution in [-0.2, 0) is 11.3 Å². The highest BCUT2D eigenvalue weighted by atomic mass is 16.6. The third kappa shape index (κ3) is 3.56. The number of hydrogen-bond acceptors (Lipinski definition) is 6. The first-order valence-corrected chi connectivity index (χ1v) is 7.70. The lowest BCUT2D eigenvalue weighted by Gasteiger charge is -2.09. The molecule has 0 atom stereocenters. The van der Waals surface area contributed by atoms with Crippen LogP contribution in [0.2, 0.25) is 0 Å². The van der Waals surface area contributed by atoms with Crippen molar-refractivity contribution in [2.45, 2.75) is 6.61 Å². The number of carbonyl (C=O) groups excluding carboxylic acids is 2. The number of hydrogen-bond donors (Lipinski definition) is 1. The van der Waals surface area contributed by atoms with E-state index >= 15 is 0 Å². The molecule has 1 amide bonds. The van der Waals surface area contributed by atoms with E-state index in [0.717, 1.165) is 5.56 Å². The minimum atomic E-state index is -0.840. The van der Waals surface area contributed by atoms with Crippen LogP contribution in [0, 0.1) is 0 Å². The molecule has 26 heavy (non-hydrogen) atoms. The smallest absolute Gasteiger partial charge is 0.414 e. The number of methoxy groups -OCH3 is 1. The molecule has 1 heterocycles. The van der Waals surface area contributed by atoms with Crippen LogP contribution in [0.15, 0.2) is 57.7 Å². The van der Waals surface area contributed by atoms with Gasteiger partial charge in [0.1, 0.15) is 23.5 Å². The van der Waals surface area contributed by atoms with Crippen LogP contribution in [0.25, 0.3) is 11.0 Å². The molecular weight excluding hydrogens is 338 g/mol. The van der Waals surface area contributed by atoms with Crippen LogP contribution >= 0.6 is 0 Å². The molecule has 0 unspecified atom stereocenters. The zero-order valence-electron chi connectivity index (χ0n) is 13.9. The molecule has 1 N–H and O–H groups in total. The number of anilines is 1. The maximum Gasteiger partial charge on any atom is 0.414 e. The number of ether oxygens (including phenoxy) is 2. The molecule has 7 heteroatoms. The topological polar surface area (TPSA) is 94.8 Å². The van der Waals surface area contributed by atoms with Crippen LogP contribution in [0.5, 0.6) is 5.75 Å². The summed E-state index contributed by atoms with van der Waals surface area (Å²) in [6, 6.07) is 13.7. The highest BCUT2D eigenvalue weighted by molar-refractivity contribution is 5.94. The number of benzene rings is 2. The average Bonchev–Trinajstić information content (AvgIpc) is 2.67. The summed E-state index contributed by atoms with van der Waals surface area (Å²) in [7, 11) is 1.46. The zero-order valence-corrected chi connectivity index (χ0v) is 13.9. The maximum absolute atomic E-state index is 12.5. The molecule has 0 radical (unpaired) electrons. The van der Waals surface area contributed by atoms with Crippen LogP contribution < -0.4 is 15.5 Å². The van der Waals surface area contributed by atoms with Crippen molar-refractivity contribution in [3.63, 3.8) is 0 Å². The van der Waals surface area contributed by atoms with Gasteiger partial charge in [-0.2, -0.15) is 0 Å². The van der Waals surface area contributed by atoms with E-state index in [1.807, 2.05) is 18.2 Å². The standard InChI is InChI=1S/C19H15NO6/c1-24-13-7-8-16-14(9-13)17(22)15(10-21)18(26-16)20-19(23)25-11-12-5-3-2-4-6-12/h2-10H,11H2,1H3,(H,20,23). The van der Waals surface area contributed by atoms with E-state index in [0.29, 0.717) is 12.0 Å². The summed E-state index contributed by atoms with van der Waals surface area (Å²) in [6.07, 6.45) is -0.509. The summed E-state index contributed by atoms with van der Waals surface area (Å²) in [5, 5.41) is 2.48. The number of aldehydes is 1. The second-order valence-electron chi connectivity index (χ2n) is 5.34. The van der Waals surface area contributed by atoms with Gasteiger partial charge in [-0.3, -0.25) is 14.9 Å². The first-order chi connectivity index (χ1) is 12.6. The monoisotopic (exact) mass is 353 g/mol. The lowest BCUT2D eigenvalue weighted by Crippen LogP contribution is -2.19. The van der Waals surface area contributed by atoms with E-state index in [9.17, 15) is 14.4 Å². The van der Waals surface area contributed by atoms with E-state index in [4.69, 9.17) is 13.9 Å². The lowest BCUT2D eigenvalue weighted by atomic mass is 10.1. The van der Waals surface area contributed by atoms with E-state index in [2.05, 4.69) is 5.32 Å². The van der Waals surface area contributed by atoms with Crippen molar-refractivity contribution in [1.82, 2.24) is 0 Å². The van der Waals surface area contributed by atoms with Gasteiger partial charge in [-0.25, -0.2) is 4.79 Å². The van der Waals surface area contributed by atoms with Crippen LogP contribution in [0.4, 0.5) is 10.7 Å². The molecule has 0 aliphatic rings. The minimum absolute atomic E-state index is 0.0398. The van der Waals surface area contributed by atoms with Crippen molar-refractivity contribution in [3.8, 4) is 5.75 Å². The quantitative estimate of drug-likeness (QED) is 0.707. The first kappa shape index (κ1) is 17.2. The van der Waals surface area contributed by atoms with Crippen molar-refractivity contribution in [2.75, 3.05) is 12.4 Å². The van der Waals surface area contributed by atoms with Crippen molar-refractivity contribution in [2.24, 2.45) is 0 Å². The summed E-state index contributed by atoms with van der Waals surface area (Å²) in [5.41, 5.74) is 0.131. The second-order valence-corrected chi connectivity index (χ2v) is 5.34. The Morgan fingerprint density at radius 1 is 1.19 bits per heavy atom. The van der Waals surface area contributed by atoms with Crippen molar-refractivity contribution in [1.29, 1.82) is 0 Å². The summed E-state index contributed by atoms with van der Waals surface area (Å²) < 4.78 is 15.6. The zero-order chi connectivity index (χ0) is 18.5. The molecule has 0 spiro atoms. The molecule has 0 saturated heterocycles. The Balaban J connectivity index is 1.86. The Labute approximate surface area is 148 Å². The summed E-state index contributed by atoms with van der Waals surface area (Å²) in [5.74, 6) is 0.186. The fraction of sp³-hybridized carbons (Fsp3) is 0.105. The molecule has 3 aromatic rings. The van der Waals surface area contributed by atoms with Crippen LogP contribution in [0.1, 0.15) is 15.9 Å². The van der Waals surface area contributed by atoms with Gasteiger partial charge in [0, 0.05) is 0 Å². The Morgan fingerprint density at radius 2 is 1.96 bits per heavy atom. The van der Waals surface area contributed by atoms with E-state index < -0.39 is 11.5 Å². The van der Waals surface area contributed by atoms with Gasteiger partial charge >= 0.3 is 6.09 Å². The van der Waals surface area contributed by atoms with Crippen LogP contribution in [-0.4, -0.2) is 19.5 Å². The third-order valence-electron chi connectivity index (χ3n) is 3.68. The largest absolute Gasteiger partial charge is 0.497 e. The number of amides is 1. The highest BCUT2D eigenvalue weighted by Crippen LogP contribution is 2.23. The second kappa shape index (κ2) is 7.52. The summed E-state index contributed by atoms with van der Waals surface area (Å²) >= 11 is 0. The minimum Gasteiger partial charge on any atom is -0.497 e. The van der Waals surface area contributed by atoms with Gasteiger partial charge in [0.2, 0.25) is 11.3 Å². The molecule has 0 aliphatic heterocycles. The predicted octanol–water partition coefficient (Wildman–Crippen LogP) is 3.36. The Hall–Kier alpha value is -3.61. The predicted molar refractivity (Wildman–Crippen MR) is 94.7 cm³/mol. The Kier molecular flexibility index (Phi) is 4.98. The van der Waals surface area contributed by atoms with Crippen LogP contribution in [0.3, 0.4) is 0 Å². The van der Waals surface area contributed by atoms with Gasteiger partial charge in [0.05, 0.1) is 12.5 Å². The Morgan fingerprint density at radius 3 is 2.65 bits per heavy atom. The molecule has 3 rings (SSSR count). The van der Waals surface area contributed by atoms with Crippen molar-refractivity contribution in [3.05, 3.63) is 69.9 Å². The molecule has 132 valence electrons. The van der Waals surface area contributed by atoms with E-state index in [1.54, 1.807) is 18.2 Å². The van der Waals surface area contributed by atoms with Crippen molar-refractivity contribution < 1.29 is 23.5 Å². The van der Waals surface area contributed by atoms with E-state index in [-0.39, 0.29) is 29.0 Å². The molecule has 2 aromatic carbocycles. The molecular formula is C19H15NO6. The molecule has 0 saturated carbocycles. The van der Waals surface area contributed by atoms with Crippen molar-refractivity contribution >= 4 is 29.2 Å².